The Morgan fingerprint density at radius 2 is 1.32 bits per heavy atom. The number of nitrogens with one attached hydrogen (secondary N) is 1. The van der Waals surface area contributed by atoms with E-state index in [4.69, 9.17) is 9.47 Å². The molecule has 0 spiro atoms. The van der Waals surface area contributed by atoms with Gasteiger partial charge in [-0.15, -0.1) is 0 Å². The third-order valence-electron chi connectivity index (χ3n) is 6.34. The maximum absolute atomic E-state index is 11.9. The maximum atomic E-state index is 11.9. The summed E-state index contributed by atoms with van der Waals surface area (Å²) in [5, 5.41) is 7.19. The molecule has 8 nitrogen and oxygen atoms in total. The molecular formula is C32H23N3O5S. The number of anilines is 2. The number of aromatic nitrogens is 2. The third-order valence-corrected chi connectivity index (χ3v) is 7.25. The fourth-order valence-electron chi connectivity index (χ4n) is 4.41. The molecule has 0 aliphatic carbocycles. The zero-order valence-electron chi connectivity index (χ0n) is 21.6. The van der Waals surface area contributed by atoms with Gasteiger partial charge in [0.15, 0.2) is 0 Å². The first kappa shape index (κ1) is 26.0. The Labute approximate surface area is 236 Å². The van der Waals surface area contributed by atoms with Gasteiger partial charge in [0.05, 0.1) is 0 Å². The molecular weight excluding hydrogens is 538 g/mol. The highest BCUT2D eigenvalue weighted by Crippen LogP contribution is 2.31. The highest BCUT2D eigenvalue weighted by atomic mass is 32.2. The van der Waals surface area contributed by atoms with Crippen LogP contribution in [0.3, 0.4) is 0 Å². The van der Waals surface area contributed by atoms with Crippen LogP contribution in [0.1, 0.15) is 5.56 Å². The minimum Gasteiger partial charge on any atom is -0.439 e. The summed E-state index contributed by atoms with van der Waals surface area (Å²) in [4.78, 5) is 8.65. The molecule has 41 heavy (non-hydrogen) atoms. The number of benzene rings is 5. The summed E-state index contributed by atoms with van der Waals surface area (Å²) in [5.74, 6) is 1.57. The standard InChI is InChI=1S/C32H23N3O5S/c1-2-21-11-14-26(19-29(21)41(36,37)38)33-30-20-31(39-27-15-12-22-7-3-5-9-24(22)17-27)35-32(34-30)40-28-16-13-23-8-4-6-10-25(23)18-28/h2-20H,1H2,(H,33,34,35)(H,36,37,38). The molecule has 6 aromatic rings. The van der Waals surface area contributed by atoms with Crippen molar-refractivity contribution >= 4 is 49.2 Å². The van der Waals surface area contributed by atoms with Crippen molar-refractivity contribution in [3.63, 3.8) is 0 Å². The van der Waals surface area contributed by atoms with Crippen molar-refractivity contribution < 1.29 is 22.4 Å². The second kappa shape index (κ2) is 10.7. The van der Waals surface area contributed by atoms with Crippen molar-refractivity contribution in [1.29, 1.82) is 0 Å². The highest BCUT2D eigenvalue weighted by Gasteiger charge is 2.16. The van der Waals surface area contributed by atoms with Crippen LogP contribution in [0.4, 0.5) is 11.5 Å². The first-order valence-electron chi connectivity index (χ1n) is 12.6. The van der Waals surface area contributed by atoms with E-state index >= 15 is 0 Å². The molecule has 0 unspecified atom stereocenters. The van der Waals surface area contributed by atoms with Crippen LogP contribution in [0.15, 0.2) is 121 Å². The molecule has 0 saturated carbocycles. The molecule has 1 aromatic heterocycles. The van der Waals surface area contributed by atoms with Gasteiger partial charge < -0.3 is 14.8 Å². The van der Waals surface area contributed by atoms with Gasteiger partial charge >= 0.3 is 6.01 Å². The molecule has 0 saturated heterocycles. The summed E-state index contributed by atoms with van der Waals surface area (Å²) in [6.45, 7) is 3.61. The lowest BCUT2D eigenvalue weighted by molar-refractivity contribution is 0.413. The zero-order valence-corrected chi connectivity index (χ0v) is 22.4. The smallest absolute Gasteiger partial charge is 0.327 e. The Morgan fingerprint density at radius 3 is 1.93 bits per heavy atom. The fraction of sp³-hybridized carbons (Fsp3) is 0. The van der Waals surface area contributed by atoms with Crippen LogP contribution >= 0.6 is 0 Å². The van der Waals surface area contributed by atoms with E-state index < -0.39 is 10.1 Å². The minimum atomic E-state index is -4.49. The van der Waals surface area contributed by atoms with Gasteiger partial charge in [-0.1, -0.05) is 79.4 Å². The normalized spacial score (nSPS) is 11.3. The van der Waals surface area contributed by atoms with Crippen molar-refractivity contribution in [2.45, 2.75) is 4.90 Å². The number of hydrogen-bond acceptors (Lipinski definition) is 7. The van der Waals surface area contributed by atoms with Crippen LogP contribution < -0.4 is 14.8 Å². The lowest BCUT2D eigenvalue weighted by Crippen LogP contribution is -2.04. The molecule has 6 rings (SSSR count). The van der Waals surface area contributed by atoms with E-state index in [9.17, 15) is 13.0 Å². The first-order chi connectivity index (χ1) is 19.8. The molecule has 5 aromatic carbocycles. The van der Waals surface area contributed by atoms with Gasteiger partial charge in [0.25, 0.3) is 10.1 Å². The Balaban J connectivity index is 1.37. The predicted molar refractivity (Wildman–Crippen MR) is 160 cm³/mol. The average molecular weight is 562 g/mol. The Hall–Kier alpha value is -5.25. The van der Waals surface area contributed by atoms with Crippen LogP contribution in [0.25, 0.3) is 27.6 Å². The van der Waals surface area contributed by atoms with Gasteiger partial charge in [-0.05, 0) is 63.5 Å². The largest absolute Gasteiger partial charge is 0.439 e. The lowest BCUT2D eigenvalue weighted by Gasteiger charge is -2.13. The van der Waals surface area contributed by atoms with Crippen molar-refractivity contribution in [3.05, 3.63) is 121 Å². The molecule has 0 aliphatic heterocycles. The number of hydrogen-bond donors (Lipinski definition) is 2. The van der Waals surface area contributed by atoms with Crippen LogP contribution in [0.5, 0.6) is 23.4 Å². The van der Waals surface area contributed by atoms with Crippen LogP contribution in [0, 0.1) is 0 Å². The molecule has 0 radical (unpaired) electrons. The van der Waals surface area contributed by atoms with Crippen molar-refractivity contribution in [2.75, 3.05) is 5.32 Å². The van der Waals surface area contributed by atoms with Gasteiger partial charge in [0.2, 0.25) is 5.88 Å². The Morgan fingerprint density at radius 1 is 0.707 bits per heavy atom. The first-order valence-corrected chi connectivity index (χ1v) is 14.0. The van der Waals surface area contributed by atoms with E-state index in [1.807, 2.05) is 84.9 Å². The van der Waals surface area contributed by atoms with Crippen LogP contribution in [0.2, 0.25) is 0 Å². The Bertz CT molecular complexity index is 1940. The molecule has 2 N–H and O–H groups in total. The van der Waals surface area contributed by atoms with Crippen LogP contribution in [-0.4, -0.2) is 22.9 Å². The SMILES string of the molecule is C=Cc1ccc(Nc2cc(Oc3ccc4ccccc4c3)nc(Oc3ccc4ccccc4c3)n2)cc1S(=O)(=O)O. The van der Waals surface area contributed by atoms with E-state index in [1.165, 1.54) is 18.2 Å². The average Bonchev–Trinajstić information content (AvgIpc) is 2.96. The quantitative estimate of drug-likeness (QED) is 0.180. The van der Waals surface area contributed by atoms with E-state index in [1.54, 1.807) is 12.1 Å². The van der Waals surface area contributed by atoms with Crippen LogP contribution in [-0.2, 0) is 10.1 Å². The van der Waals surface area contributed by atoms with Gasteiger partial charge in [-0.25, -0.2) is 0 Å². The molecule has 0 aliphatic rings. The molecule has 0 fully saturated rings. The summed E-state index contributed by atoms with van der Waals surface area (Å²) < 4.78 is 45.7. The van der Waals surface area contributed by atoms with E-state index in [0.29, 0.717) is 17.2 Å². The topological polar surface area (TPSA) is 111 Å². The number of nitrogens with zero attached hydrogens (tertiary/aromatic N) is 2. The second-order valence-corrected chi connectivity index (χ2v) is 10.5. The van der Waals surface area contributed by atoms with Crippen molar-refractivity contribution in [3.8, 4) is 23.4 Å². The molecule has 202 valence electrons. The summed E-state index contributed by atoms with van der Waals surface area (Å²) in [7, 11) is -4.49. The zero-order chi connectivity index (χ0) is 28.4. The molecule has 0 amide bonds. The van der Waals surface area contributed by atoms with E-state index in [2.05, 4.69) is 21.9 Å². The third kappa shape index (κ3) is 5.86. The van der Waals surface area contributed by atoms with Gasteiger partial charge in [-0.2, -0.15) is 18.4 Å². The summed E-state index contributed by atoms with van der Waals surface area (Å²) in [6, 6.07) is 33.2. The van der Waals surface area contributed by atoms with Crippen molar-refractivity contribution in [1.82, 2.24) is 9.97 Å². The monoisotopic (exact) mass is 561 g/mol. The van der Waals surface area contributed by atoms with E-state index in [0.717, 1.165) is 21.5 Å². The molecule has 0 bridgehead atoms. The highest BCUT2D eigenvalue weighted by molar-refractivity contribution is 7.86. The predicted octanol–water partition coefficient (Wildman–Crippen LogP) is 8.00. The molecule has 9 heteroatoms. The summed E-state index contributed by atoms with van der Waals surface area (Å²) in [6.07, 6.45) is 1.35. The number of ether oxygens (including phenoxy) is 2. The fourth-order valence-corrected chi connectivity index (χ4v) is 5.13. The van der Waals surface area contributed by atoms with Gasteiger partial charge in [0.1, 0.15) is 22.2 Å². The lowest BCUT2D eigenvalue weighted by atomic mass is 10.1. The summed E-state index contributed by atoms with van der Waals surface area (Å²) in [5.41, 5.74) is 0.622. The molecule has 0 atom stereocenters. The van der Waals surface area contributed by atoms with E-state index in [-0.39, 0.29) is 28.2 Å². The van der Waals surface area contributed by atoms with Gasteiger partial charge in [0, 0.05) is 11.8 Å². The Kier molecular flexibility index (Phi) is 6.80. The van der Waals surface area contributed by atoms with Gasteiger partial charge in [-0.3, -0.25) is 4.55 Å². The van der Waals surface area contributed by atoms with Crippen molar-refractivity contribution in [2.24, 2.45) is 0 Å². The number of rotatable bonds is 8. The summed E-state index contributed by atoms with van der Waals surface area (Å²) >= 11 is 0. The number of fused-ring (bicyclic) bond motifs is 2. The maximum Gasteiger partial charge on any atom is 0.327 e. The minimum absolute atomic E-state index is 0.0128. The second-order valence-electron chi connectivity index (χ2n) is 9.15. The molecule has 1 heterocycles.